The lowest BCUT2D eigenvalue weighted by atomic mass is 9.72. The molecule has 0 aromatic carbocycles. The minimum Gasteiger partial charge on any atom is -0.342 e. The van der Waals surface area contributed by atoms with Crippen molar-refractivity contribution in [3.05, 3.63) is 0 Å². The summed E-state index contributed by atoms with van der Waals surface area (Å²) in [5.41, 5.74) is 0.267. The standard InChI is InChI=1S/C19H33N3O2/c1-15(2)20(3)13-18(24)21-10-8-19(9-11-21)7-6-17(23)22(14-19)12-16-4-5-16/h15-16H,4-14H2,1-3H3. The maximum absolute atomic E-state index is 12.5. The molecule has 3 aliphatic rings. The smallest absolute Gasteiger partial charge is 0.236 e. The van der Waals surface area contributed by atoms with Crippen LogP contribution in [0, 0.1) is 11.3 Å². The van der Waals surface area contributed by atoms with Crippen LogP contribution in [-0.2, 0) is 9.59 Å². The number of likely N-dealkylation sites (N-methyl/N-ethyl adjacent to an activating group) is 1. The number of hydrogen-bond donors (Lipinski definition) is 0. The molecule has 0 bridgehead atoms. The molecule has 0 aromatic heterocycles. The summed E-state index contributed by atoms with van der Waals surface area (Å²) in [5, 5.41) is 0. The summed E-state index contributed by atoms with van der Waals surface area (Å²) in [5.74, 6) is 1.37. The number of carbonyl (C=O) groups excluding carboxylic acids is 2. The van der Waals surface area contributed by atoms with Crippen molar-refractivity contribution < 1.29 is 9.59 Å². The van der Waals surface area contributed by atoms with E-state index in [1.807, 2.05) is 11.9 Å². The van der Waals surface area contributed by atoms with Gasteiger partial charge in [0.05, 0.1) is 6.54 Å². The van der Waals surface area contributed by atoms with Crippen molar-refractivity contribution in [3.8, 4) is 0 Å². The third kappa shape index (κ3) is 4.11. The number of rotatable bonds is 5. The first-order chi connectivity index (χ1) is 11.4. The van der Waals surface area contributed by atoms with Crippen molar-refractivity contribution in [3.63, 3.8) is 0 Å². The van der Waals surface area contributed by atoms with Crippen LogP contribution in [0.5, 0.6) is 0 Å². The van der Waals surface area contributed by atoms with Gasteiger partial charge in [-0.25, -0.2) is 0 Å². The summed E-state index contributed by atoms with van der Waals surface area (Å²) in [7, 11) is 2.01. The van der Waals surface area contributed by atoms with Crippen LogP contribution >= 0.6 is 0 Å². The molecule has 5 nitrogen and oxygen atoms in total. The zero-order valence-corrected chi connectivity index (χ0v) is 15.6. The van der Waals surface area contributed by atoms with Crippen LogP contribution in [0.15, 0.2) is 0 Å². The van der Waals surface area contributed by atoms with E-state index in [0.717, 1.165) is 51.4 Å². The number of nitrogens with zero attached hydrogens (tertiary/aromatic N) is 3. The second-order valence-corrected chi connectivity index (χ2v) is 8.61. The van der Waals surface area contributed by atoms with Crippen molar-refractivity contribution in [1.82, 2.24) is 14.7 Å². The summed E-state index contributed by atoms with van der Waals surface area (Å²) in [6, 6.07) is 0.394. The average Bonchev–Trinajstić information content (AvgIpc) is 3.36. The molecule has 5 heteroatoms. The van der Waals surface area contributed by atoms with Gasteiger partial charge in [-0.15, -0.1) is 0 Å². The van der Waals surface area contributed by atoms with Crippen LogP contribution in [0.25, 0.3) is 0 Å². The topological polar surface area (TPSA) is 43.9 Å². The summed E-state index contributed by atoms with van der Waals surface area (Å²) >= 11 is 0. The molecule has 0 unspecified atom stereocenters. The Balaban J connectivity index is 1.51. The van der Waals surface area contributed by atoms with Gasteiger partial charge in [-0.3, -0.25) is 14.5 Å². The largest absolute Gasteiger partial charge is 0.342 e. The molecule has 0 atom stereocenters. The van der Waals surface area contributed by atoms with Gasteiger partial charge in [0.2, 0.25) is 11.8 Å². The Labute approximate surface area is 146 Å². The quantitative estimate of drug-likeness (QED) is 0.771. The Hall–Kier alpha value is -1.10. The first-order valence-electron chi connectivity index (χ1n) is 9.64. The molecule has 3 fully saturated rings. The van der Waals surface area contributed by atoms with Crippen molar-refractivity contribution in [2.45, 2.75) is 58.4 Å². The molecule has 2 amide bonds. The first-order valence-corrected chi connectivity index (χ1v) is 9.64. The van der Waals surface area contributed by atoms with Crippen LogP contribution in [0.1, 0.15) is 52.4 Å². The van der Waals surface area contributed by atoms with Crippen molar-refractivity contribution in [2.75, 3.05) is 39.8 Å². The molecule has 2 aliphatic heterocycles. The fourth-order valence-corrected chi connectivity index (χ4v) is 4.02. The Kier molecular flexibility index (Phi) is 5.19. The molecule has 1 aliphatic carbocycles. The van der Waals surface area contributed by atoms with E-state index in [-0.39, 0.29) is 11.3 Å². The van der Waals surface area contributed by atoms with Crippen molar-refractivity contribution in [2.24, 2.45) is 11.3 Å². The lowest BCUT2D eigenvalue weighted by Gasteiger charge is -2.47. The average molecular weight is 335 g/mol. The van der Waals surface area contributed by atoms with Gasteiger partial charge in [0, 0.05) is 38.6 Å². The summed E-state index contributed by atoms with van der Waals surface area (Å²) in [6.45, 7) is 8.36. The van der Waals surface area contributed by atoms with Crippen LogP contribution in [-0.4, -0.2) is 72.3 Å². The van der Waals surface area contributed by atoms with E-state index >= 15 is 0 Å². The lowest BCUT2D eigenvalue weighted by molar-refractivity contribution is -0.143. The van der Waals surface area contributed by atoms with E-state index in [9.17, 15) is 9.59 Å². The van der Waals surface area contributed by atoms with E-state index in [0.29, 0.717) is 24.9 Å². The molecule has 1 saturated carbocycles. The Bertz CT molecular complexity index is 479. The first kappa shape index (κ1) is 17.7. The maximum atomic E-state index is 12.5. The fourth-order valence-electron chi connectivity index (χ4n) is 4.02. The normalized spacial score (nSPS) is 24.3. The highest BCUT2D eigenvalue weighted by atomic mass is 16.2. The van der Waals surface area contributed by atoms with E-state index in [1.54, 1.807) is 0 Å². The molecule has 2 saturated heterocycles. The number of hydrogen-bond acceptors (Lipinski definition) is 3. The van der Waals surface area contributed by atoms with Gasteiger partial charge in [0.25, 0.3) is 0 Å². The van der Waals surface area contributed by atoms with Crippen molar-refractivity contribution >= 4 is 11.8 Å². The van der Waals surface area contributed by atoms with E-state index in [2.05, 4.69) is 23.6 Å². The second kappa shape index (κ2) is 7.03. The highest BCUT2D eigenvalue weighted by molar-refractivity contribution is 5.79. The van der Waals surface area contributed by atoms with Crippen molar-refractivity contribution in [1.29, 1.82) is 0 Å². The third-order valence-corrected chi connectivity index (χ3v) is 6.37. The predicted octanol–water partition coefficient (Wildman–Crippen LogP) is 1.97. The molecule has 24 heavy (non-hydrogen) atoms. The Morgan fingerprint density at radius 1 is 1.25 bits per heavy atom. The van der Waals surface area contributed by atoms with E-state index in [1.165, 1.54) is 12.8 Å². The molecule has 1 spiro atoms. The van der Waals surface area contributed by atoms with Gasteiger partial charge in [-0.1, -0.05) is 0 Å². The molecule has 136 valence electrons. The maximum Gasteiger partial charge on any atom is 0.236 e. The summed E-state index contributed by atoms with van der Waals surface area (Å²) in [6.07, 6.45) is 6.42. The minimum atomic E-state index is 0.253. The Morgan fingerprint density at radius 2 is 1.92 bits per heavy atom. The van der Waals surface area contributed by atoms with Gasteiger partial charge in [-0.2, -0.15) is 0 Å². The van der Waals surface area contributed by atoms with Gasteiger partial charge in [0.1, 0.15) is 0 Å². The summed E-state index contributed by atoms with van der Waals surface area (Å²) < 4.78 is 0. The highest BCUT2D eigenvalue weighted by Crippen LogP contribution is 2.41. The van der Waals surface area contributed by atoms with Gasteiger partial charge >= 0.3 is 0 Å². The molecule has 0 N–H and O–H groups in total. The number of carbonyl (C=O) groups is 2. The summed E-state index contributed by atoms with van der Waals surface area (Å²) in [4.78, 5) is 30.9. The molecule has 2 heterocycles. The van der Waals surface area contributed by atoms with Crippen LogP contribution in [0.3, 0.4) is 0 Å². The van der Waals surface area contributed by atoms with Gasteiger partial charge in [-0.05, 0) is 64.3 Å². The third-order valence-electron chi connectivity index (χ3n) is 6.37. The fraction of sp³-hybridized carbons (Fsp3) is 0.895. The zero-order chi connectivity index (χ0) is 17.3. The minimum absolute atomic E-state index is 0.253. The van der Waals surface area contributed by atoms with Gasteiger partial charge in [0.15, 0.2) is 0 Å². The molecule has 3 rings (SSSR count). The zero-order valence-electron chi connectivity index (χ0n) is 15.6. The monoisotopic (exact) mass is 335 g/mol. The number of amides is 2. The highest BCUT2D eigenvalue weighted by Gasteiger charge is 2.42. The van der Waals surface area contributed by atoms with Crippen LogP contribution in [0.4, 0.5) is 0 Å². The second-order valence-electron chi connectivity index (χ2n) is 8.61. The molecular weight excluding hydrogens is 302 g/mol. The Morgan fingerprint density at radius 3 is 2.50 bits per heavy atom. The van der Waals surface area contributed by atoms with Crippen LogP contribution in [0.2, 0.25) is 0 Å². The lowest BCUT2D eigenvalue weighted by Crippen LogP contribution is -2.53. The predicted molar refractivity (Wildman–Crippen MR) is 94.6 cm³/mol. The van der Waals surface area contributed by atoms with Crippen LogP contribution < -0.4 is 0 Å². The SMILES string of the molecule is CC(C)N(C)CC(=O)N1CCC2(CCC(=O)N(CC3CC3)C2)CC1. The van der Waals surface area contributed by atoms with E-state index < -0.39 is 0 Å². The number of piperidine rings is 2. The molecule has 0 aromatic rings. The molecule has 0 radical (unpaired) electrons. The van der Waals surface area contributed by atoms with E-state index in [4.69, 9.17) is 0 Å². The van der Waals surface area contributed by atoms with Gasteiger partial charge < -0.3 is 9.80 Å². The number of likely N-dealkylation sites (tertiary alicyclic amines) is 2. The molecular formula is C19H33N3O2.